The van der Waals surface area contributed by atoms with Crippen LogP contribution in [0.5, 0.6) is 0 Å². The van der Waals surface area contributed by atoms with Crippen molar-refractivity contribution in [3.05, 3.63) is 0 Å². The Bertz CT molecular complexity index is 400. The number of nitrogens with zero attached hydrogens (tertiary/aromatic N) is 2. The molecule has 21 heavy (non-hydrogen) atoms. The summed E-state index contributed by atoms with van der Waals surface area (Å²) >= 11 is 0. The van der Waals surface area contributed by atoms with Gasteiger partial charge in [0.15, 0.2) is 5.78 Å². The highest BCUT2D eigenvalue weighted by Crippen LogP contribution is 2.18. The predicted octanol–water partition coefficient (Wildman–Crippen LogP) is -0.439. The molecule has 0 aromatic carbocycles. The number of carboxylic acid groups (broad SMARTS) is 1. The van der Waals surface area contributed by atoms with Crippen molar-refractivity contribution in [3.8, 4) is 0 Å². The Morgan fingerprint density at radius 1 is 1.43 bits per heavy atom. The number of likely N-dealkylation sites (N-methyl/N-ethyl adjacent to an activating group) is 1. The van der Waals surface area contributed by atoms with Gasteiger partial charge >= 0.3 is 5.97 Å². The van der Waals surface area contributed by atoms with Crippen molar-refractivity contribution in [2.24, 2.45) is 0 Å². The number of rotatable bonds is 8. The van der Waals surface area contributed by atoms with E-state index in [0.717, 1.165) is 13.0 Å². The Kier molecular flexibility index (Phi) is 6.77. The third-order valence-corrected chi connectivity index (χ3v) is 3.91. The molecular weight excluding hydrogens is 274 g/mol. The van der Waals surface area contributed by atoms with Gasteiger partial charge < -0.3 is 15.3 Å². The number of aliphatic carboxylic acids is 1. The van der Waals surface area contributed by atoms with Crippen LogP contribution in [0.25, 0.3) is 0 Å². The van der Waals surface area contributed by atoms with Crippen molar-refractivity contribution < 1.29 is 19.5 Å². The molecule has 0 aromatic rings. The van der Waals surface area contributed by atoms with Gasteiger partial charge in [0.05, 0.1) is 18.5 Å². The summed E-state index contributed by atoms with van der Waals surface area (Å²) in [5.41, 5.74) is 0. The Morgan fingerprint density at radius 2 is 2.10 bits per heavy atom. The fraction of sp³-hybridized carbons (Fsp3) is 0.786. The fourth-order valence-electron chi connectivity index (χ4n) is 2.68. The predicted molar refractivity (Wildman–Crippen MR) is 78.0 cm³/mol. The molecule has 120 valence electrons. The number of carbonyl (C=O) groups is 3. The van der Waals surface area contributed by atoms with E-state index < -0.39 is 18.1 Å². The molecule has 7 nitrogen and oxygen atoms in total. The van der Waals surface area contributed by atoms with Gasteiger partial charge in [0.25, 0.3) is 0 Å². The van der Waals surface area contributed by atoms with Crippen molar-refractivity contribution in [1.82, 2.24) is 15.1 Å². The molecule has 1 saturated heterocycles. The highest BCUT2D eigenvalue weighted by atomic mass is 16.4. The highest BCUT2D eigenvalue weighted by Gasteiger charge is 2.38. The number of amides is 1. The molecule has 1 unspecified atom stereocenters. The van der Waals surface area contributed by atoms with Gasteiger partial charge in [-0.25, -0.2) is 0 Å². The van der Waals surface area contributed by atoms with Crippen LogP contribution in [0.3, 0.4) is 0 Å². The van der Waals surface area contributed by atoms with E-state index in [9.17, 15) is 14.4 Å². The molecule has 0 saturated carbocycles. The molecule has 0 aromatic heterocycles. The normalized spacial score (nSPS) is 21.4. The largest absolute Gasteiger partial charge is 0.481 e. The number of Topliss-reactive ketones (excluding diaryl/α,β-unsaturated/α-hetero) is 1. The molecular formula is C14H25N3O4. The lowest BCUT2D eigenvalue weighted by atomic mass is 10.0. The molecule has 7 heteroatoms. The maximum absolute atomic E-state index is 12.5. The minimum atomic E-state index is -1.00. The number of carboxylic acids is 1. The summed E-state index contributed by atoms with van der Waals surface area (Å²) in [4.78, 5) is 38.6. The lowest BCUT2D eigenvalue weighted by molar-refractivity contribution is -0.152. The van der Waals surface area contributed by atoms with Crippen molar-refractivity contribution >= 4 is 17.7 Å². The molecule has 0 bridgehead atoms. The summed E-state index contributed by atoms with van der Waals surface area (Å²) in [6.07, 6.45) is 1.17. The van der Waals surface area contributed by atoms with E-state index in [0.29, 0.717) is 19.5 Å². The third kappa shape index (κ3) is 4.78. The number of hydrogen-bond donors (Lipinski definition) is 2. The van der Waals surface area contributed by atoms with Crippen molar-refractivity contribution in [2.45, 2.75) is 38.3 Å². The minimum Gasteiger partial charge on any atom is -0.481 e. The summed E-state index contributed by atoms with van der Waals surface area (Å²) in [5.74, 6) is -1.30. The lowest BCUT2D eigenvalue weighted by Crippen LogP contribution is -2.60. The smallest absolute Gasteiger partial charge is 0.305 e. The van der Waals surface area contributed by atoms with Crippen molar-refractivity contribution in [2.75, 3.05) is 33.7 Å². The van der Waals surface area contributed by atoms with E-state index in [1.807, 2.05) is 7.05 Å². The molecule has 1 heterocycles. The maximum atomic E-state index is 12.5. The Labute approximate surface area is 125 Å². The van der Waals surface area contributed by atoms with Crippen molar-refractivity contribution in [1.29, 1.82) is 0 Å². The van der Waals surface area contributed by atoms with E-state index in [2.05, 4.69) is 5.32 Å². The summed E-state index contributed by atoms with van der Waals surface area (Å²) in [6, 6.07) is -1.13. The van der Waals surface area contributed by atoms with E-state index in [-0.39, 0.29) is 18.1 Å². The maximum Gasteiger partial charge on any atom is 0.305 e. The third-order valence-electron chi connectivity index (χ3n) is 3.91. The quantitative estimate of drug-likeness (QED) is 0.591. The highest BCUT2D eigenvalue weighted by molar-refractivity contribution is 5.92. The van der Waals surface area contributed by atoms with Gasteiger partial charge in [0, 0.05) is 13.1 Å². The second-order valence-corrected chi connectivity index (χ2v) is 5.50. The monoisotopic (exact) mass is 299 g/mol. The number of nitrogens with one attached hydrogen (secondary N) is 1. The average molecular weight is 299 g/mol. The van der Waals surface area contributed by atoms with Gasteiger partial charge in [-0.05, 0) is 40.4 Å². The first-order chi connectivity index (χ1) is 9.88. The van der Waals surface area contributed by atoms with Crippen LogP contribution >= 0.6 is 0 Å². The van der Waals surface area contributed by atoms with Gasteiger partial charge in [-0.3, -0.25) is 19.3 Å². The molecule has 0 aliphatic carbocycles. The molecule has 1 aliphatic heterocycles. The van der Waals surface area contributed by atoms with Gasteiger partial charge in [0.1, 0.15) is 0 Å². The van der Waals surface area contributed by atoms with E-state index in [1.165, 1.54) is 6.92 Å². The van der Waals surface area contributed by atoms with Crippen LogP contribution in [0, 0.1) is 0 Å². The second kappa shape index (κ2) is 8.09. The van der Waals surface area contributed by atoms with Crippen LogP contribution in [0.1, 0.15) is 26.2 Å². The van der Waals surface area contributed by atoms with Crippen LogP contribution < -0.4 is 5.32 Å². The second-order valence-electron chi connectivity index (χ2n) is 5.50. The molecule has 2 atom stereocenters. The molecule has 1 aliphatic rings. The summed E-state index contributed by atoms with van der Waals surface area (Å²) in [6.45, 7) is 3.32. The molecule has 2 N–H and O–H groups in total. The Hall–Kier alpha value is -1.47. The van der Waals surface area contributed by atoms with E-state index >= 15 is 0 Å². The summed E-state index contributed by atoms with van der Waals surface area (Å²) in [7, 11) is 3.58. The lowest BCUT2D eigenvalue weighted by Gasteiger charge is -2.41. The van der Waals surface area contributed by atoms with E-state index in [4.69, 9.17) is 5.11 Å². The zero-order chi connectivity index (χ0) is 16.0. The van der Waals surface area contributed by atoms with Crippen LogP contribution in [-0.4, -0.2) is 78.4 Å². The molecule has 1 amide bonds. The zero-order valence-corrected chi connectivity index (χ0v) is 13.0. The zero-order valence-electron chi connectivity index (χ0n) is 13.0. The van der Waals surface area contributed by atoms with Crippen LogP contribution in [0.15, 0.2) is 0 Å². The molecule has 1 fully saturated rings. The number of piperazine rings is 1. The first kappa shape index (κ1) is 17.6. The Morgan fingerprint density at radius 3 is 2.62 bits per heavy atom. The standard InChI is InChI=1S/C14H25N3O4/c1-10(18)11(5-4-6-15-2)17-8-7-16(3)12(14(17)21)9-13(19)20/h11-12,15H,4-9H2,1-3H3,(H,19,20)/t11?,12-/m0/s1. The SMILES string of the molecule is CNCCCC(C(C)=O)N1CCN(C)[C@@H](CC(=O)O)C1=O. The number of hydrogen-bond acceptors (Lipinski definition) is 5. The molecule has 1 rings (SSSR count). The number of carbonyl (C=O) groups excluding carboxylic acids is 2. The van der Waals surface area contributed by atoms with Gasteiger partial charge in [-0.2, -0.15) is 0 Å². The number of ketones is 1. The van der Waals surface area contributed by atoms with Crippen molar-refractivity contribution in [3.63, 3.8) is 0 Å². The Balaban J connectivity index is 2.80. The first-order valence-corrected chi connectivity index (χ1v) is 7.26. The van der Waals surface area contributed by atoms with Gasteiger partial charge in [-0.15, -0.1) is 0 Å². The molecule has 0 radical (unpaired) electrons. The van der Waals surface area contributed by atoms with Crippen LogP contribution in [-0.2, 0) is 14.4 Å². The topological polar surface area (TPSA) is 90.0 Å². The van der Waals surface area contributed by atoms with Crippen LogP contribution in [0.4, 0.5) is 0 Å². The van der Waals surface area contributed by atoms with Crippen LogP contribution in [0.2, 0.25) is 0 Å². The molecule has 0 spiro atoms. The fourth-order valence-corrected chi connectivity index (χ4v) is 2.68. The summed E-state index contributed by atoms with van der Waals surface area (Å²) < 4.78 is 0. The van der Waals surface area contributed by atoms with Gasteiger partial charge in [0.2, 0.25) is 5.91 Å². The van der Waals surface area contributed by atoms with Gasteiger partial charge in [-0.1, -0.05) is 0 Å². The first-order valence-electron chi connectivity index (χ1n) is 7.26. The average Bonchev–Trinajstić information content (AvgIpc) is 2.40. The van der Waals surface area contributed by atoms with E-state index in [1.54, 1.807) is 16.8 Å². The summed E-state index contributed by atoms with van der Waals surface area (Å²) in [5, 5.41) is 12.0. The minimum absolute atomic E-state index is 0.0434.